The molecule has 0 spiro atoms. The monoisotopic (exact) mass is 242 g/mol. The fourth-order valence-electron chi connectivity index (χ4n) is 1.22. The summed E-state index contributed by atoms with van der Waals surface area (Å²) in [6.07, 6.45) is 1.78. The van der Waals surface area contributed by atoms with Crippen molar-refractivity contribution in [3.8, 4) is 10.7 Å². The number of methoxy groups -OCH3 is 1. The molecule has 0 fully saturated rings. The van der Waals surface area contributed by atoms with Gasteiger partial charge in [0.05, 0.1) is 23.5 Å². The number of rotatable bonds is 4. The van der Waals surface area contributed by atoms with Crippen LogP contribution in [0.15, 0.2) is 11.7 Å². The van der Waals surface area contributed by atoms with E-state index in [9.17, 15) is 0 Å². The summed E-state index contributed by atoms with van der Waals surface area (Å²) in [6.45, 7) is 1.30. The van der Waals surface area contributed by atoms with Gasteiger partial charge in [0.2, 0.25) is 0 Å². The molecule has 15 heavy (non-hydrogen) atoms. The molecule has 0 saturated heterocycles. The molecule has 0 bridgehead atoms. The minimum Gasteiger partial charge on any atom is -0.383 e. The van der Waals surface area contributed by atoms with Gasteiger partial charge < -0.3 is 4.74 Å². The molecule has 0 aliphatic carbocycles. The summed E-state index contributed by atoms with van der Waals surface area (Å²) >= 11 is 6.67. The standard InChI is InChI=1S/C8H10N4OS2/c1-13-3-2-12-7(10-11-8(12)14)6-4-9-5-15-6/h4-5H,2-3H2,1H3,(H,11,14). The highest BCUT2D eigenvalue weighted by molar-refractivity contribution is 7.71. The number of hydrogen-bond acceptors (Lipinski definition) is 5. The lowest BCUT2D eigenvalue weighted by atomic mass is 10.5. The second kappa shape index (κ2) is 4.65. The number of aromatic nitrogens is 4. The molecule has 0 aromatic carbocycles. The van der Waals surface area contributed by atoms with Gasteiger partial charge >= 0.3 is 0 Å². The van der Waals surface area contributed by atoms with E-state index in [-0.39, 0.29) is 0 Å². The molecule has 0 saturated carbocycles. The fourth-order valence-corrected chi connectivity index (χ4v) is 2.06. The minimum atomic E-state index is 0.607. The molecular formula is C8H10N4OS2. The van der Waals surface area contributed by atoms with E-state index in [4.69, 9.17) is 17.0 Å². The van der Waals surface area contributed by atoms with Crippen LogP contribution >= 0.6 is 23.6 Å². The first-order valence-corrected chi connectivity index (χ1v) is 5.64. The molecule has 2 heterocycles. The number of ether oxygens (including phenoxy) is 1. The van der Waals surface area contributed by atoms with Crippen LogP contribution in [0.25, 0.3) is 10.7 Å². The molecule has 80 valence electrons. The predicted molar refractivity (Wildman–Crippen MR) is 60.4 cm³/mol. The number of H-pyrrole nitrogens is 1. The maximum atomic E-state index is 5.13. The zero-order chi connectivity index (χ0) is 10.7. The zero-order valence-electron chi connectivity index (χ0n) is 8.14. The van der Waals surface area contributed by atoms with Crippen LogP contribution in [-0.2, 0) is 11.3 Å². The number of aromatic amines is 1. The third-order valence-electron chi connectivity index (χ3n) is 1.93. The SMILES string of the molecule is COCCn1c(-c2cncs2)n[nH]c1=S. The summed E-state index contributed by atoms with van der Waals surface area (Å²) in [4.78, 5) is 5.01. The van der Waals surface area contributed by atoms with Gasteiger partial charge in [0.25, 0.3) is 0 Å². The van der Waals surface area contributed by atoms with E-state index in [1.54, 1.807) is 18.8 Å². The van der Waals surface area contributed by atoms with Gasteiger partial charge in [0.15, 0.2) is 10.6 Å². The summed E-state index contributed by atoms with van der Waals surface area (Å²) < 4.78 is 7.54. The quantitative estimate of drug-likeness (QED) is 0.829. The Morgan fingerprint density at radius 2 is 2.53 bits per heavy atom. The van der Waals surface area contributed by atoms with Crippen molar-refractivity contribution in [2.45, 2.75) is 6.54 Å². The van der Waals surface area contributed by atoms with E-state index in [0.717, 1.165) is 10.7 Å². The highest BCUT2D eigenvalue weighted by Gasteiger charge is 2.09. The van der Waals surface area contributed by atoms with Gasteiger partial charge in [-0.05, 0) is 12.2 Å². The van der Waals surface area contributed by atoms with E-state index in [1.165, 1.54) is 11.3 Å². The Balaban J connectivity index is 2.36. The minimum absolute atomic E-state index is 0.607. The largest absolute Gasteiger partial charge is 0.383 e. The average Bonchev–Trinajstić information content (AvgIpc) is 2.84. The molecule has 7 heteroatoms. The number of hydrogen-bond donors (Lipinski definition) is 1. The normalized spacial score (nSPS) is 10.7. The van der Waals surface area contributed by atoms with Gasteiger partial charge in [-0.2, -0.15) is 5.10 Å². The van der Waals surface area contributed by atoms with Crippen molar-refractivity contribution in [1.29, 1.82) is 0 Å². The predicted octanol–water partition coefficient (Wildman–Crippen LogP) is 1.71. The van der Waals surface area contributed by atoms with E-state index >= 15 is 0 Å². The summed E-state index contributed by atoms with van der Waals surface area (Å²) in [5.74, 6) is 0.819. The topological polar surface area (TPSA) is 55.7 Å². The first kappa shape index (κ1) is 10.5. The Morgan fingerprint density at radius 3 is 3.20 bits per heavy atom. The van der Waals surface area contributed by atoms with Crippen LogP contribution < -0.4 is 0 Å². The van der Waals surface area contributed by atoms with Crippen LogP contribution in [0.1, 0.15) is 0 Å². The van der Waals surface area contributed by atoms with Crippen LogP contribution in [0.3, 0.4) is 0 Å². The third-order valence-corrected chi connectivity index (χ3v) is 3.01. The van der Waals surface area contributed by atoms with Crippen molar-refractivity contribution >= 4 is 23.6 Å². The molecule has 0 unspecified atom stereocenters. The molecule has 0 radical (unpaired) electrons. The van der Waals surface area contributed by atoms with E-state index in [2.05, 4.69) is 15.2 Å². The van der Waals surface area contributed by atoms with Crippen LogP contribution in [0.2, 0.25) is 0 Å². The highest BCUT2D eigenvalue weighted by Crippen LogP contribution is 2.20. The third kappa shape index (κ3) is 2.14. The Morgan fingerprint density at radius 1 is 1.67 bits per heavy atom. The highest BCUT2D eigenvalue weighted by atomic mass is 32.1. The summed E-state index contributed by atoms with van der Waals surface area (Å²) in [5.41, 5.74) is 1.77. The molecular weight excluding hydrogens is 232 g/mol. The number of nitrogens with zero attached hydrogens (tertiary/aromatic N) is 3. The smallest absolute Gasteiger partial charge is 0.195 e. The Hall–Kier alpha value is -1.05. The zero-order valence-corrected chi connectivity index (χ0v) is 9.77. The Labute approximate surface area is 95.7 Å². The van der Waals surface area contributed by atoms with Crippen LogP contribution in [0.4, 0.5) is 0 Å². The summed E-state index contributed by atoms with van der Waals surface area (Å²) in [6, 6.07) is 0. The van der Waals surface area contributed by atoms with Crippen LogP contribution in [-0.4, -0.2) is 33.5 Å². The van der Waals surface area contributed by atoms with Crippen molar-refractivity contribution in [1.82, 2.24) is 19.7 Å². The van der Waals surface area contributed by atoms with Crippen molar-refractivity contribution in [2.75, 3.05) is 13.7 Å². The first-order chi connectivity index (χ1) is 7.33. The van der Waals surface area contributed by atoms with E-state index < -0.39 is 0 Å². The van der Waals surface area contributed by atoms with Gasteiger partial charge in [-0.15, -0.1) is 11.3 Å². The Kier molecular flexibility index (Phi) is 3.24. The second-order valence-electron chi connectivity index (χ2n) is 2.86. The lowest BCUT2D eigenvalue weighted by Gasteiger charge is -2.03. The van der Waals surface area contributed by atoms with Gasteiger partial charge in [0, 0.05) is 13.3 Å². The van der Waals surface area contributed by atoms with Crippen LogP contribution in [0.5, 0.6) is 0 Å². The van der Waals surface area contributed by atoms with Gasteiger partial charge in [-0.3, -0.25) is 14.6 Å². The van der Waals surface area contributed by atoms with Gasteiger partial charge in [-0.25, -0.2) is 0 Å². The summed E-state index contributed by atoms with van der Waals surface area (Å²) in [5, 5.41) is 6.95. The number of thiazole rings is 1. The van der Waals surface area contributed by atoms with Crippen molar-refractivity contribution in [2.24, 2.45) is 0 Å². The van der Waals surface area contributed by atoms with Crippen LogP contribution in [0, 0.1) is 4.77 Å². The molecule has 2 rings (SSSR count). The maximum absolute atomic E-state index is 5.13. The second-order valence-corrected chi connectivity index (χ2v) is 4.14. The lowest BCUT2D eigenvalue weighted by Crippen LogP contribution is -2.05. The molecule has 2 aromatic rings. The molecule has 0 aliphatic heterocycles. The Bertz CT molecular complexity index is 473. The average molecular weight is 242 g/mol. The molecule has 1 N–H and O–H groups in total. The maximum Gasteiger partial charge on any atom is 0.195 e. The van der Waals surface area contributed by atoms with Crippen molar-refractivity contribution < 1.29 is 4.74 Å². The lowest BCUT2D eigenvalue weighted by molar-refractivity contribution is 0.187. The number of nitrogens with one attached hydrogen (secondary N) is 1. The molecule has 0 aliphatic rings. The fraction of sp³-hybridized carbons (Fsp3) is 0.375. The van der Waals surface area contributed by atoms with E-state index in [1.807, 2.05) is 4.57 Å². The molecule has 2 aromatic heterocycles. The molecule has 0 atom stereocenters. The van der Waals surface area contributed by atoms with Crippen molar-refractivity contribution in [3.63, 3.8) is 0 Å². The molecule has 0 amide bonds. The van der Waals surface area contributed by atoms with E-state index in [0.29, 0.717) is 17.9 Å². The molecule has 5 nitrogen and oxygen atoms in total. The van der Waals surface area contributed by atoms with Gasteiger partial charge in [-0.1, -0.05) is 0 Å². The van der Waals surface area contributed by atoms with Crippen molar-refractivity contribution in [3.05, 3.63) is 16.5 Å². The first-order valence-electron chi connectivity index (χ1n) is 4.36. The van der Waals surface area contributed by atoms with Gasteiger partial charge in [0.1, 0.15) is 0 Å². The summed E-state index contributed by atoms with van der Waals surface area (Å²) in [7, 11) is 1.66.